The molecule has 0 spiro atoms. The van der Waals surface area contributed by atoms with E-state index in [9.17, 15) is 5.26 Å². The topological polar surface area (TPSA) is 80.1 Å². The molecule has 2 aliphatic heterocycles. The molecular weight excluding hydrogens is 328 g/mol. The van der Waals surface area contributed by atoms with E-state index in [4.69, 9.17) is 4.74 Å². The van der Waals surface area contributed by atoms with Crippen molar-refractivity contribution < 1.29 is 19.5 Å². The minimum atomic E-state index is 0.289. The Labute approximate surface area is 156 Å². The second kappa shape index (κ2) is 8.67. The van der Waals surface area contributed by atoms with Crippen LogP contribution in [0.2, 0.25) is 0 Å². The molecule has 1 unspecified atom stereocenters. The van der Waals surface area contributed by atoms with Crippen molar-refractivity contribution in [1.82, 2.24) is 0 Å². The maximum absolute atomic E-state index is 9.78. The summed E-state index contributed by atoms with van der Waals surface area (Å²) in [5, 5.41) is 16.8. The Kier molecular flexibility index (Phi) is 6.30. The molecule has 0 bridgehead atoms. The third kappa shape index (κ3) is 4.44. The Balaban J connectivity index is 1.86. The lowest BCUT2D eigenvalue weighted by molar-refractivity contribution is -0.895. The number of likely N-dealkylation sites (N-methyl/N-ethyl adjacent to an activating group) is 2. The predicted molar refractivity (Wildman–Crippen MR) is 101 cm³/mol. The first-order chi connectivity index (χ1) is 12.6. The SMILES string of the molecule is C[NH+](C)CCNc1[nH+]c(NC[C@H]2CCCO2)c2c(c1C#N)CC[NH+](C)C2. The maximum atomic E-state index is 9.78. The average molecular weight is 362 g/mol. The first-order valence-corrected chi connectivity index (χ1v) is 9.79. The summed E-state index contributed by atoms with van der Waals surface area (Å²) >= 11 is 0. The lowest BCUT2D eigenvalue weighted by atomic mass is 9.96. The van der Waals surface area contributed by atoms with Crippen LogP contribution >= 0.6 is 0 Å². The molecule has 3 rings (SSSR count). The quantitative estimate of drug-likeness (QED) is 0.457. The van der Waals surface area contributed by atoms with Crippen LogP contribution in [0.1, 0.15) is 29.5 Å². The summed E-state index contributed by atoms with van der Waals surface area (Å²) < 4.78 is 5.75. The van der Waals surface area contributed by atoms with Crippen molar-refractivity contribution in [3.63, 3.8) is 0 Å². The Morgan fingerprint density at radius 3 is 2.85 bits per heavy atom. The molecule has 7 heteroatoms. The van der Waals surface area contributed by atoms with Crippen LogP contribution in [0.4, 0.5) is 11.6 Å². The number of aromatic nitrogens is 1. The minimum Gasteiger partial charge on any atom is -0.375 e. The van der Waals surface area contributed by atoms with Crippen LogP contribution in [0.3, 0.4) is 0 Å². The zero-order valence-electron chi connectivity index (χ0n) is 16.3. The van der Waals surface area contributed by atoms with Crippen molar-refractivity contribution in [3.8, 4) is 6.07 Å². The van der Waals surface area contributed by atoms with E-state index in [1.54, 1.807) is 0 Å². The van der Waals surface area contributed by atoms with E-state index in [1.165, 1.54) is 20.9 Å². The normalized spacial score (nSPS) is 22.1. The predicted octanol–water partition coefficient (Wildman–Crippen LogP) is -1.91. The van der Waals surface area contributed by atoms with Gasteiger partial charge in [0.05, 0.1) is 45.9 Å². The van der Waals surface area contributed by atoms with Crippen molar-refractivity contribution in [2.75, 3.05) is 64.6 Å². The summed E-state index contributed by atoms with van der Waals surface area (Å²) in [5.41, 5.74) is 3.24. The molecule has 1 saturated heterocycles. The molecule has 0 aliphatic carbocycles. The zero-order valence-corrected chi connectivity index (χ0v) is 16.3. The Morgan fingerprint density at radius 1 is 1.31 bits per heavy atom. The molecule has 26 heavy (non-hydrogen) atoms. The molecule has 7 nitrogen and oxygen atoms in total. The zero-order chi connectivity index (χ0) is 18.5. The molecule has 3 heterocycles. The van der Waals surface area contributed by atoms with Gasteiger partial charge in [0.1, 0.15) is 31.3 Å². The van der Waals surface area contributed by atoms with Gasteiger partial charge in [-0.25, -0.2) is 4.98 Å². The van der Waals surface area contributed by atoms with Crippen LogP contribution in [0, 0.1) is 11.3 Å². The van der Waals surface area contributed by atoms with E-state index in [0.717, 1.165) is 75.8 Å². The number of H-pyrrole nitrogens is 1. The first-order valence-electron chi connectivity index (χ1n) is 9.79. The van der Waals surface area contributed by atoms with Crippen molar-refractivity contribution >= 4 is 11.6 Å². The van der Waals surface area contributed by atoms with Gasteiger partial charge in [0.25, 0.3) is 0 Å². The highest BCUT2D eigenvalue weighted by atomic mass is 16.5. The molecule has 0 radical (unpaired) electrons. The van der Waals surface area contributed by atoms with Crippen molar-refractivity contribution in [2.24, 2.45) is 0 Å². The fourth-order valence-corrected chi connectivity index (χ4v) is 3.78. The standard InChI is InChI=1S/C19H30N6O/c1-24(2)9-7-21-18-16(11-20)15-6-8-25(3)13-17(15)19(23-18)22-12-14-5-4-10-26-14/h14H,4-10,12-13H2,1-3H3,(H2,21,22,23)/p+3/t14-/m1/s1. The Bertz CT molecular complexity index is 663. The van der Waals surface area contributed by atoms with Gasteiger partial charge in [-0.2, -0.15) is 5.26 Å². The van der Waals surface area contributed by atoms with Crippen molar-refractivity contribution in [2.45, 2.75) is 31.9 Å². The summed E-state index contributed by atoms with van der Waals surface area (Å²) in [7, 11) is 6.48. The summed E-state index contributed by atoms with van der Waals surface area (Å²) in [6.45, 7) is 5.53. The van der Waals surface area contributed by atoms with Crippen LogP contribution in [-0.2, 0) is 17.7 Å². The number of ether oxygens (including phenoxy) is 1. The smallest absolute Gasteiger partial charge is 0.237 e. The number of hydrogen-bond donors (Lipinski definition) is 4. The number of pyridine rings is 1. The summed E-state index contributed by atoms with van der Waals surface area (Å²) in [5.74, 6) is 1.90. The van der Waals surface area contributed by atoms with Gasteiger partial charge in [0.15, 0.2) is 0 Å². The van der Waals surface area contributed by atoms with Crippen molar-refractivity contribution in [1.29, 1.82) is 5.26 Å². The first kappa shape index (κ1) is 18.9. The molecule has 0 aromatic carbocycles. The van der Waals surface area contributed by atoms with E-state index in [1.807, 2.05) is 0 Å². The second-order valence-corrected chi connectivity index (χ2v) is 7.85. The van der Waals surface area contributed by atoms with Gasteiger partial charge in [0, 0.05) is 13.0 Å². The van der Waals surface area contributed by atoms with E-state index in [-0.39, 0.29) is 6.10 Å². The van der Waals surface area contributed by atoms with Gasteiger partial charge >= 0.3 is 0 Å². The molecule has 1 aromatic heterocycles. The highest BCUT2D eigenvalue weighted by Gasteiger charge is 2.29. The highest BCUT2D eigenvalue weighted by molar-refractivity contribution is 5.60. The number of rotatable bonds is 7. The van der Waals surface area contributed by atoms with Crippen LogP contribution in [-0.4, -0.2) is 60.0 Å². The lowest BCUT2D eigenvalue weighted by Crippen LogP contribution is -3.08. The number of nitriles is 1. The fraction of sp³-hybridized carbons (Fsp3) is 0.684. The van der Waals surface area contributed by atoms with Crippen LogP contribution in [0.15, 0.2) is 0 Å². The molecule has 5 N–H and O–H groups in total. The Hall–Kier alpha value is -1.88. The number of aromatic amines is 1. The third-order valence-corrected chi connectivity index (χ3v) is 5.32. The van der Waals surface area contributed by atoms with Crippen LogP contribution in [0.25, 0.3) is 0 Å². The summed E-state index contributed by atoms with van der Waals surface area (Å²) in [6, 6.07) is 2.44. The van der Waals surface area contributed by atoms with Gasteiger partial charge in [0.2, 0.25) is 11.6 Å². The van der Waals surface area contributed by atoms with Gasteiger partial charge in [-0.15, -0.1) is 0 Å². The molecule has 1 fully saturated rings. The largest absolute Gasteiger partial charge is 0.375 e. The highest BCUT2D eigenvalue weighted by Crippen LogP contribution is 2.25. The molecule has 2 aliphatic rings. The molecule has 142 valence electrons. The third-order valence-electron chi connectivity index (χ3n) is 5.32. The number of hydrogen-bond acceptors (Lipinski definition) is 4. The molecular formula is C19H33N6O+3. The van der Waals surface area contributed by atoms with Gasteiger partial charge in [-0.05, 0) is 18.4 Å². The summed E-state index contributed by atoms with van der Waals surface area (Å²) in [6.07, 6.45) is 3.50. The minimum absolute atomic E-state index is 0.289. The van der Waals surface area contributed by atoms with E-state index < -0.39 is 0 Å². The molecule has 1 aromatic rings. The molecule has 0 saturated carbocycles. The number of fused-ring (bicyclic) bond motifs is 1. The van der Waals surface area contributed by atoms with E-state index >= 15 is 0 Å². The summed E-state index contributed by atoms with van der Waals surface area (Å²) in [4.78, 5) is 6.35. The van der Waals surface area contributed by atoms with E-state index in [2.05, 4.69) is 42.8 Å². The number of anilines is 2. The van der Waals surface area contributed by atoms with Crippen LogP contribution < -0.4 is 25.4 Å². The van der Waals surface area contributed by atoms with Gasteiger partial charge in [-0.3, -0.25) is 5.32 Å². The van der Waals surface area contributed by atoms with Crippen LogP contribution in [0.5, 0.6) is 0 Å². The lowest BCUT2D eigenvalue weighted by Gasteiger charge is -2.25. The fourth-order valence-electron chi connectivity index (χ4n) is 3.78. The number of quaternary nitrogens is 2. The average Bonchev–Trinajstić information content (AvgIpc) is 3.13. The van der Waals surface area contributed by atoms with E-state index in [0.29, 0.717) is 0 Å². The molecule has 2 atom stereocenters. The van der Waals surface area contributed by atoms with Gasteiger partial charge < -0.3 is 19.9 Å². The monoisotopic (exact) mass is 361 g/mol. The second-order valence-electron chi connectivity index (χ2n) is 7.85. The number of nitrogens with one attached hydrogen (secondary N) is 5. The Morgan fingerprint density at radius 2 is 2.15 bits per heavy atom. The number of nitrogens with zero attached hydrogens (tertiary/aromatic N) is 1. The van der Waals surface area contributed by atoms with Crippen molar-refractivity contribution in [3.05, 3.63) is 16.7 Å². The van der Waals surface area contributed by atoms with Gasteiger partial charge in [-0.1, -0.05) is 0 Å². The molecule has 0 amide bonds. The maximum Gasteiger partial charge on any atom is 0.237 e.